The molecule has 1 N–H and O–H groups in total. The van der Waals surface area contributed by atoms with Crippen molar-refractivity contribution in [1.82, 2.24) is 0 Å². The summed E-state index contributed by atoms with van der Waals surface area (Å²) in [5.74, 6) is 1.42. The molecule has 0 radical (unpaired) electrons. The number of para-hydroxylation sites is 1. The molecule has 7 heteroatoms. The predicted octanol–water partition coefficient (Wildman–Crippen LogP) is 2.06. The summed E-state index contributed by atoms with van der Waals surface area (Å²) in [7, 11) is 7.96. The van der Waals surface area contributed by atoms with Gasteiger partial charge in [0.1, 0.15) is 41.8 Å². The molecule has 0 unspecified atom stereocenters. The molecule has 0 atom stereocenters. The van der Waals surface area contributed by atoms with Crippen LogP contribution in [0.4, 0.5) is 11.4 Å². The van der Waals surface area contributed by atoms with Crippen LogP contribution in [0, 0.1) is 0 Å². The van der Waals surface area contributed by atoms with E-state index in [4.69, 9.17) is 9.47 Å². The van der Waals surface area contributed by atoms with Gasteiger partial charge in [0.2, 0.25) is 0 Å². The average molecular weight is 416 g/mol. The Balaban J connectivity index is 0.00000300. The highest BCUT2D eigenvalue weighted by Crippen LogP contribution is 2.38. The number of hydrogen-bond donors (Lipinski definition) is 1. The fraction of sp³-hybridized carbons (Fsp3) is 0.273. The van der Waals surface area contributed by atoms with Crippen molar-refractivity contribution in [3.63, 3.8) is 0 Å². The number of ether oxygens (including phenoxy) is 2. The second-order valence-corrected chi connectivity index (χ2v) is 7.55. The van der Waals surface area contributed by atoms with Gasteiger partial charge in [-0.1, -0.05) is 24.3 Å². The van der Waals surface area contributed by atoms with Crippen molar-refractivity contribution < 1.29 is 31.5 Å². The van der Waals surface area contributed by atoms with Gasteiger partial charge in [-0.05, 0) is 35.7 Å². The number of azo groups is 1. The monoisotopic (exact) mass is 415 g/mol. The Labute approximate surface area is 177 Å². The van der Waals surface area contributed by atoms with E-state index in [0.29, 0.717) is 29.5 Å². The molecule has 3 aromatic carbocycles. The maximum Gasteiger partial charge on any atom is 0.147 e. The molecule has 0 heterocycles. The lowest BCUT2D eigenvalue weighted by Crippen LogP contribution is -3.00. The van der Waals surface area contributed by atoms with Crippen molar-refractivity contribution in [2.45, 2.75) is 0 Å². The van der Waals surface area contributed by atoms with E-state index < -0.39 is 0 Å². The molecule has 0 aliphatic heterocycles. The average Bonchev–Trinajstić information content (AvgIpc) is 2.66. The lowest BCUT2D eigenvalue weighted by atomic mass is 10.1. The number of fused-ring (bicyclic) bond motifs is 1. The molecule has 154 valence electrons. The minimum atomic E-state index is 0. The number of aromatic hydroxyl groups is 1. The Morgan fingerprint density at radius 1 is 0.966 bits per heavy atom. The van der Waals surface area contributed by atoms with E-state index in [0.717, 1.165) is 21.8 Å². The Bertz CT molecular complexity index is 1000. The van der Waals surface area contributed by atoms with E-state index in [1.807, 2.05) is 48.5 Å². The smallest absolute Gasteiger partial charge is 0.147 e. The van der Waals surface area contributed by atoms with E-state index in [-0.39, 0.29) is 18.2 Å². The summed E-state index contributed by atoms with van der Waals surface area (Å²) in [5, 5.41) is 20.7. The number of hydrogen-bond acceptors (Lipinski definition) is 5. The molecule has 0 saturated carbocycles. The van der Waals surface area contributed by atoms with Crippen LogP contribution in [-0.2, 0) is 0 Å². The number of phenols is 1. The number of benzene rings is 3. The van der Waals surface area contributed by atoms with Crippen LogP contribution in [-0.4, -0.2) is 51.0 Å². The lowest BCUT2D eigenvalue weighted by Gasteiger charge is -2.23. The number of quaternary nitrogens is 1. The normalized spacial score (nSPS) is 11.4. The molecule has 0 fully saturated rings. The number of methoxy groups -OCH3 is 1. The third kappa shape index (κ3) is 5.82. The topological polar surface area (TPSA) is 63.4 Å². The molecule has 0 spiro atoms. The van der Waals surface area contributed by atoms with Crippen LogP contribution in [0.5, 0.6) is 17.2 Å². The molecule has 0 bridgehead atoms. The fourth-order valence-electron chi connectivity index (χ4n) is 2.70. The van der Waals surface area contributed by atoms with E-state index in [1.165, 1.54) is 0 Å². The van der Waals surface area contributed by atoms with Crippen LogP contribution < -0.4 is 21.9 Å². The fourth-order valence-corrected chi connectivity index (χ4v) is 2.70. The van der Waals surface area contributed by atoms with Gasteiger partial charge in [0.15, 0.2) is 0 Å². The van der Waals surface area contributed by atoms with E-state index in [1.54, 1.807) is 13.2 Å². The third-order valence-electron chi connectivity index (χ3n) is 4.32. The van der Waals surface area contributed by atoms with Crippen molar-refractivity contribution in [1.29, 1.82) is 0 Å². The van der Waals surface area contributed by atoms with Gasteiger partial charge in [0, 0.05) is 5.39 Å². The summed E-state index contributed by atoms with van der Waals surface area (Å²) in [6, 6.07) is 16.6. The van der Waals surface area contributed by atoms with Gasteiger partial charge in [-0.2, -0.15) is 0 Å². The van der Waals surface area contributed by atoms with Gasteiger partial charge in [-0.3, -0.25) is 0 Å². The first-order chi connectivity index (χ1) is 13.4. The molecule has 29 heavy (non-hydrogen) atoms. The summed E-state index contributed by atoms with van der Waals surface area (Å²) < 4.78 is 12.0. The molecule has 0 amide bonds. The number of halogens is 1. The molecule has 0 aliphatic carbocycles. The van der Waals surface area contributed by atoms with Crippen molar-refractivity contribution >= 4 is 22.1 Å². The van der Waals surface area contributed by atoms with Gasteiger partial charge in [-0.25, -0.2) is 0 Å². The summed E-state index contributed by atoms with van der Waals surface area (Å²) in [6.45, 7) is 1.45. The largest absolute Gasteiger partial charge is 1.00 e. The van der Waals surface area contributed by atoms with Crippen LogP contribution in [0.2, 0.25) is 0 Å². The molecule has 6 nitrogen and oxygen atoms in total. The van der Waals surface area contributed by atoms with E-state index in [9.17, 15) is 5.11 Å². The summed E-state index contributed by atoms with van der Waals surface area (Å²) in [6.07, 6.45) is 0. The summed E-state index contributed by atoms with van der Waals surface area (Å²) >= 11 is 0. The first-order valence-electron chi connectivity index (χ1n) is 9.11. The van der Waals surface area contributed by atoms with Crippen molar-refractivity contribution in [2.75, 3.05) is 41.4 Å². The van der Waals surface area contributed by atoms with Crippen molar-refractivity contribution in [2.24, 2.45) is 10.2 Å². The first-order valence-corrected chi connectivity index (χ1v) is 9.11. The maximum atomic E-state index is 10.3. The van der Waals surface area contributed by atoms with Crippen LogP contribution in [0.25, 0.3) is 10.8 Å². The van der Waals surface area contributed by atoms with Gasteiger partial charge in [-0.15, -0.1) is 10.2 Å². The highest BCUT2D eigenvalue weighted by molar-refractivity contribution is 5.96. The van der Waals surface area contributed by atoms with E-state index >= 15 is 0 Å². The summed E-state index contributed by atoms with van der Waals surface area (Å²) in [4.78, 5) is 0. The van der Waals surface area contributed by atoms with Crippen LogP contribution in [0.1, 0.15) is 0 Å². The highest BCUT2D eigenvalue weighted by Gasteiger charge is 2.10. The van der Waals surface area contributed by atoms with Gasteiger partial charge in [0.25, 0.3) is 0 Å². The van der Waals surface area contributed by atoms with Crippen LogP contribution in [0.15, 0.2) is 64.8 Å². The Hall–Kier alpha value is -2.83. The standard InChI is InChI=1S/C22H25N3O3.ClH/c1-25(2,3)13-14-28-21-8-6-5-7-19(21)23-24-22-18-15-17(27-4)11-9-16(18)10-12-20(22)26;/h5-12,15H,13-14H2,1-4H3;1H. The number of nitrogens with zero attached hydrogens (tertiary/aromatic N) is 3. The molecular weight excluding hydrogens is 390 g/mol. The zero-order chi connectivity index (χ0) is 20.1. The Morgan fingerprint density at radius 3 is 2.41 bits per heavy atom. The number of likely N-dealkylation sites (N-methyl/N-ethyl adjacent to an activating group) is 1. The Kier molecular flexibility index (Phi) is 7.42. The maximum absolute atomic E-state index is 10.3. The Morgan fingerprint density at radius 2 is 1.69 bits per heavy atom. The molecular formula is C22H26ClN3O3. The van der Waals surface area contributed by atoms with Gasteiger partial charge in [0.05, 0.1) is 28.3 Å². The summed E-state index contributed by atoms with van der Waals surface area (Å²) in [5.41, 5.74) is 1.01. The van der Waals surface area contributed by atoms with Crippen molar-refractivity contribution in [3.8, 4) is 17.2 Å². The molecule has 0 aromatic heterocycles. The molecule has 3 aromatic rings. The number of rotatable bonds is 7. The first kappa shape index (κ1) is 22.5. The number of phenolic OH excluding ortho intramolecular Hbond substituents is 1. The molecule has 0 aliphatic rings. The van der Waals surface area contributed by atoms with Gasteiger partial charge < -0.3 is 31.5 Å². The lowest BCUT2D eigenvalue weighted by molar-refractivity contribution is -0.870. The minimum absolute atomic E-state index is 0. The quantitative estimate of drug-likeness (QED) is 0.474. The molecule has 0 saturated heterocycles. The van der Waals surface area contributed by atoms with Gasteiger partial charge >= 0.3 is 0 Å². The highest BCUT2D eigenvalue weighted by atomic mass is 35.5. The zero-order valence-electron chi connectivity index (χ0n) is 17.1. The SMILES string of the molecule is COc1ccc2ccc(O)c(N=Nc3ccccc3OCC[N+](C)(C)C)c2c1.[Cl-]. The third-order valence-corrected chi connectivity index (χ3v) is 4.32. The van der Waals surface area contributed by atoms with E-state index in [2.05, 4.69) is 31.4 Å². The van der Waals surface area contributed by atoms with Crippen LogP contribution >= 0.6 is 0 Å². The molecule has 3 rings (SSSR count). The van der Waals surface area contributed by atoms with Crippen LogP contribution in [0.3, 0.4) is 0 Å². The zero-order valence-corrected chi connectivity index (χ0v) is 17.8. The van der Waals surface area contributed by atoms with Crippen molar-refractivity contribution in [3.05, 3.63) is 54.6 Å². The minimum Gasteiger partial charge on any atom is -1.00 e. The predicted molar refractivity (Wildman–Crippen MR) is 111 cm³/mol. The second kappa shape index (κ2) is 9.58. The second-order valence-electron chi connectivity index (χ2n) is 7.55.